The minimum Gasteiger partial charge on any atom is -0.481 e. The molecular formula is C13H25NO4. The molecule has 0 heterocycles. The molecule has 2 N–H and O–H groups in total. The van der Waals surface area contributed by atoms with Crippen molar-refractivity contribution in [1.82, 2.24) is 5.32 Å². The van der Waals surface area contributed by atoms with E-state index in [-0.39, 0.29) is 12.3 Å². The zero-order valence-electron chi connectivity index (χ0n) is 11.6. The summed E-state index contributed by atoms with van der Waals surface area (Å²) >= 11 is 0. The van der Waals surface area contributed by atoms with Gasteiger partial charge in [-0.05, 0) is 26.2 Å². The lowest BCUT2D eigenvalue weighted by atomic mass is 9.88. The summed E-state index contributed by atoms with van der Waals surface area (Å²) in [7, 11) is 0. The predicted molar refractivity (Wildman–Crippen MR) is 69.4 cm³/mol. The van der Waals surface area contributed by atoms with Crippen molar-refractivity contribution in [1.29, 1.82) is 0 Å². The van der Waals surface area contributed by atoms with Crippen molar-refractivity contribution in [2.45, 2.75) is 58.4 Å². The van der Waals surface area contributed by atoms with Gasteiger partial charge in [0.25, 0.3) is 0 Å². The minimum absolute atomic E-state index is 0.0306. The average molecular weight is 259 g/mol. The molecule has 0 fully saturated rings. The SMILES string of the molecule is CCOCCCC(=O)NC(CC)(CC)CC(=O)O. The molecule has 0 spiro atoms. The van der Waals surface area contributed by atoms with E-state index in [1.807, 2.05) is 20.8 Å². The molecule has 0 atom stereocenters. The Morgan fingerprint density at radius 3 is 2.28 bits per heavy atom. The fraction of sp³-hybridized carbons (Fsp3) is 0.846. The van der Waals surface area contributed by atoms with E-state index in [0.29, 0.717) is 38.9 Å². The Kier molecular flexibility index (Phi) is 8.37. The van der Waals surface area contributed by atoms with Gasteiger partial charge in [0.1, 0.15) is 0 Å². The van der Waals surface area contributed by atoms with Gasteiger partial charge < -0.3 is 15.2 Å². The lowest BCUT2D eigenvalue weighted by Crippen LogP contribution is -2.49. The number of rotatable bonds is 10. The van der Waals surface area contributed by atoms with E-state index in [1.165, 1.54) is 0 Å². The van der Waals surface area contributed by atoms with Crippen LogP contribution in [0.15, 0.2) is 0 Å². The van der Waals surface area contributed by atoms with Crippen molar-refractivity contribution in [2.75, 3.05) is 13.2 Å². The first-order chi connectivity index (χ1) is 8.49. The minimum atomic E-state index is -0.881. The number of hydrogen-bond acceptors (Lipinski definition) is 3. The van der Waals surface area contributed by atoms with E-state index >= 15 is 0 Å². The summed E-state index contributed by atoms with van der Waals surface area (Å²) in [5.41, 5.74) is -0.617. The molecule has 0 aromatic heterocycles. The summed E-state index contributed by atoms with van der Waals surface area (Å²) in [6.45, 7) is 6.91. The van der Waals surface area contributed by atoms with Gasteiger partial charge in [-0.3, -0.25) is 9.59 Å². The van der Waals surface area contributed by atoms with Crippen molar-refractivity contribution < 1.29 is 19.4 Å². The Balaban J connectivity index is 4.22. The Morgan fingerprint density at radius 2 is 1.83 bits per heavy atom. The van der Waals surface area contributed by atoms with Gasteiger partial charge in [-0.2, -0.15) is 0 Å². The van der Waals surface area contributed by atoms with Gasteiger partial charge in [0.15, 0.2) is 0 Å². The normalized spacial score (nSPS) is 11.3. The van der Waals surface area contributed by atoms with Gasteiger partial charge in [0, 0.05) is 25.2 Å². The van der Waals surface area contributed by atoms with Gasteiger partial charge in [0.2, 0.25) is 5.91 Å². The van der Waals surface area contributed by atoms with Crippen molar-refractivity contribution in [3.05, 3.63) is 0 Å². The van der Waals surface area contributed by atoms with Crippen LogP contribution in [0, 0.1) is 0 Å². The Hall–Kier alpha value is -1.10. The third-order valence-electron chi connectivity index (χ3n) is 3.14. The Labute approximate surface area is 109 Å². The van der Waals surface area contributed by atoms with E-state index in [1.54, 1.807) is 0 Å². The second-order valence-electron chi connectivity index (χ2n) is 4.41. The molecule has 0 radical (unpaired) electrons. The predicted octanol–water partition coefficient (Wildman–Crippen LogP) is 1.95. The maximum Gasteiger partial charge on any atom is 0.305 e. The van der Waals surface area contributed by atoms with E-state index in [0.717, 1.165) is 0 Å². The zero-order valence-corrected chi connectivity index (χ0v) is 11.6. The van der Waals surface area contributed by atoms with Crippen LogP contribution in [0.3, 0.4) is 0 Å². The summed E-state index contributed by atoms with van der Waals surface area (Å²) < 4.78 is 5.16. The number of carboxylic acids is 1. The van der Waals surface area contributed by atoms with Gasteiger partial charge in [-0.25, -0.2) is 0 Å². The molecule has 0 aliphatic carbocycles. The van der Waals surface area contributed by atoms with Crippen molar-refractivity contribution in [3.8, 4) is 0 Å². The maximum absolute atomic E-state index is 11.8. The quantitative estimate of drug-likeness (QED) is 0.588. The second kappa shape index (κ2) is 8.91. The second-order valence-corrected chi connectivity index (χ2v) is 4.41. The number of carbonyl (C=O) groups excluding carboxylic acids is 1. The van der Waals surface area contributed by atoms with Crippen LogP contribution in [0.5, 0.6) is 0 Å². The maximum atomic E-state index is 11.8. The highest BCUT2D eigenvalue weighted by atomic mass is 16.5. The largest absolute Gasteiger partial charge is 0.481 e. The van der Waals surface area contributed by atoms with Crippen LogP contribution in [0.25, 0.3) is 0 Å². The molecule has 0 saturated heterocycles. The molecule has 0 aliphatic heterocycles. The molecule has 5 heteroatoms. The van der Waals surface area contributed by atoms with Gasteiger partial charge in [0.05, 0.1) is 6.42 Å². The summed E-state index contributed by atoms with van der Waals surface area (Å²) in [6, 6.07) is 0. The number of hydrogen-bond donors (Lipinski definition) is 2. The first-order valence-corrected chi connectivity index (χ1v) is 6.60. The van der Waals surface area contributed by atoms with Crippen LogP contribution < -0.4 is 5.32 Å². The third kappa shape index (κ3) is 6.59. The molecule has 0 aromatic carbocycles. The van der Waals surface area contributed by atoms with Crippen LogP contribution in [0.1, 0.15) is 52.9 Å². The number of nitrogens with one attached hydrogen (secondary N) is 1. The van der Waals surface area contributed by atoms with Crippen LogP contribution in [0.4, 0.5) is 0 Å². The number of carboxylic acid groups (broad SMARTS) is 1. The van der Waals surface area contributed by atoms with Gasteiger partial charge in [-0.15, -0.1) is 0 Å². The zero-order chi connectivity index (χ0) is 14.0. The highest BCUT2D eigenvalue weighted by Gasteiger charge is 2.30. The molecule has 0 bridgehead atoms. The van der Waals surface area contributed by atoms with Gasteiger partial charge >= 0.3 is 5.97 Å². The van der Waals surface area contributed by atoms with E-state index in [4.69, 9.17) is 9.84 Å². The first kappa shape index (κ1) is 16.9. The molecular weight excluding hydrogens is 234 g/mol. The summed E-state index contributed by atoms with van der Waals surface area (Å²) in [6.07, 6.45) is 2.24. The fourth-order valence-corrected chi connectivity index (χ4v) is 1.85. The molecule has 18 heavy (non-hydrogen) atoms. The van der Waals surface area contributed by atoms with Crippen LogP contribution in [0.2, 0.25) is 0 Å². The number of carbonyl (C=O) groups is 2. The molecule has 5 nitrogen and oxygen atoms in total. The van der Waals surface area contributed by atoms with Crippen molar-refractivity contribution in [3.63, 3.8) is 0 Å². The van der Waals surface area contributed by atoms with Gasteiger partial charge in [-0.1, -0.05) is 13.8 Å². The average Bonchev–Trinajstić information content (AvgIpc) is 2.33. The summed E-state index contributed by atoms with van der Waals surface area (Å²) in [4.78, 5) is 22.6. The molecule has 1 amide bonds. The smallest absolute Gasteiger partial charge is 0.305 e. The summed E-state index contributed by atoms with van der Waals surface area (Å²) in [5.74, 6) is -0.979. The van der Waals surface area contributed by atoms with Crippen LogP contribution in [-0.2, 0) is 14.3 Å². The lowest BCUT2D eigenvalue weighted by molar-refractivity contribution is -0.139. The lowest BCUT2D eigenvalue weighted by Gasteiger charge is -2.31. The third-order valence-corrected chi connectivity index (χ3v) is 3.14. The van der Waals surface area contributed by atoms with E-state index in [9.17, 15) is 9.59 Å². The topological polar surface area (TPSA) is 75.6 Å². The molecule has 0 aromatic rings. The number of aliphatic carboxylic acids is 1. The van der Waals surface area contributed by atoms with E-state index < -0.39 is 11.5 Å². The number of ether oxygens (including phenoxy) is 1. The van der Waals surface area contributed by atoms with E-state index in [2.05, 4.69) is 5.32 Å². The standard InChI is InChI=1S/C13H25NO4/c1-4-13(5-2,10-12(16)17)14-11(15)8-7-9-18-6-3/h4-10H2,1-3H3,(H,14,15)(H,16,17). The molecule has 0 unspecified atom stereocenters. The number of amides is 1. The van der Waals surface area contributed by atoms with Crippen molar-refractivity contribution in [2.24, 2.45) is 0 Å². The van der Waals surface area contributed by atoms with Crippen molar-refractivity contribution >= 4 is 11.9 Å². The Bertz CT molecular complexity index is 262. The van der Waals surface area contributed by atoms with Crippen LogP contribution in [-0.4, -0.2) is 35.7 Å². The highest BCUT2D eigenvalue weighted by molar-refractivity contribution is 5.78. The Morgan fingerprint density at radius 1 is 1.22 bits per heavy atom. The molecule has 0 aliphatic rings. The summed E-state index contributed by atoms with van der Waals surface area (Å²) in [5, 5.41) is 11.8. The molecule has 106 valence electrons. The monoisotopic (exact) mass is 259 g/mol. The van der Waals surface area contributed by atoms with Crippen LogP contribution >= 0.6 is 0 Å². The first-order valence-electron chi connectivity index (χ1n) is 6.60. The molecule has 0 saturated carbocycles. The fourth-order valence-electron chi connectivity index (χ4n) is 1.85. The highest BCUT2D eigenvalue weighted by Crippen LogP contribution is 2.20. The molecule has 0 rings (SSSR count).